The number of benzene rings is 2. The van der Waals surface area contributed by atoms with Crippen molar-refractivity contribution in [1.29, 1.82) is 0 Å². The number of halogens is 1. The summed E-state index contributed by atoms with van der Waals surface area (Å²) in [5.41, 5.74) is 0.961. The van der Waals surface area contributed by atoms with Crippen molar-refractivity contribution in [2.24, 2.45) is 0 Å². The third kappa shape index (κ3) is 3.02. The Labute approximate surface area is 131 Å². The average Bonchev–Trinajstić information content (AvgIpc) is 2.47. The van der Waals surface area contributed by atoms with Gasteiger partial charge in [0.25, 0.3) is 0 Å². The molecule has 0 heterocycles. The summed E-state index contributed by atoms with van der Waals surface area (Å²) in [6.07, 6.45) is -0.989. The molecule has 0 aliphatic rings. The van der Waals surface area contributed by atoms with Crippen LogP contribution in [0.5, 0.6) is 0 Å². The number of hydrogen-bond donors (Lipinski definition) is 1. The van der Waals surface area contributed by atoms with Crippen molar-refractivity contribution in [2.75, 3.05) is 6.61 Å². The van der Waals surface area contributed by atoms with E-state index in [4.69, 9.17) is 4.74 Å². The van der Waals surface area contributed by atoms with Crippen molar-refractivity contribution in [3.05, 3.63) is 57.7 Å². The zero-order valence-corrected chi connectivity index (χ0v) is 13.2. The normalized spacial score (nSPS) is 13.2. The number of fused-ring (bicyclic) bond motifs is 1. The molecule has 0 aliphatic carbocycles. The summed E-state index contributed by atoms with van der Waals surface area (Å²) in [5.74, 6) is -0.484. The molecule has 2 rings (SSSR count). The van der Waals surface area contributed by atoms with E-state index < -0.39 is 12.1 Å². The fraction of sp³-hybridized carbons (Fsp3) is 0.188. The van der Waals surface area contributed by atoms with Gasteiger partial charge in [-0.25, -0.2) is 4.79 Å². The molecule has 1 atom stereocenters. The van der Waals surface area contributed by atoms with Crippen LogP contribution in [0.1, 0.15) is 18.6 Å². The summed E-state index contributed by atoms with van der Waals surface area (Å²) < 4.78 is 6.55. The van der Waals surface area contributed by atoms with E-state index in [2.05, 4.69) is 0 Å². The molecular formula is C16H15IO3. The highest BCUT2D eigenvalue weighted by molar-refractivity contribution is 14.1. The standard InChI is InChI=1S/C16H15IO3/c1-2-20-16(19)14(10-17)15(18)13-9-5-7-11-6-3-4-8-12(11)13/h3-10,15,18H,2H2,1H3/b14-10-/t15-/m0/s1. The van der Waals surface area contributed by atoms with Crippen LogP contribution in [0, 0.1) is 0 Å². The highest BCUT2D eigenvalue weighted by Gasteiger charge is 2.22. The Morgan fingerprint density at radius 3 is 2.70 bits per heavy atom. The Bertz CT molecular complexity index is 644. The van der Waals surface area contributed by atoms with Gasteiger partial charge in [-0.1, -0.05) is 65.1 Å². The molecule has 0 amide bonds. The lowest BCUT2D eigenvalue weighted by atomic mass is 9.96. The van der Waals surface area contributed by atoms with Crippen LogP contribution in [0.2, 0.25) is 0 Å². The van der Waals surface area contributed by atoms with E-state index in [0.717, 1.165) is 10.8 Å². The van der Waals surface area contributed by atoms with Crippen LogP contribution in [0.4, 0.5) is 0 Å². The van der Waals surface area contributed by atoms with Crippen LogP contribution in [0.3, 0.4) is 0 Å². The molecule has 0 fully saturated rings. The van der Waals surface area contributed by atoms with Crippen molar-refractivity contribution in [1.82, 2.24) is 0 Å². The third-order valence-electron chi connectivity index (χ3n) is 3.04. The van der Waals surface area contributed by atoms with E-state index in [9.17, 15) is 9.90 Å². The topological polar surface area (TPSA) is 46.5 Å². The van der Waals surface area contributed by atoms with Gasteiger partial charge < -0.3 is 9.84 Å². The second kappa shape index (κ2) is 6.85. The third-order valence-corrected chi connectivity index (χ3v) is 3.71. The van der Waals surface area contributed by atoms with Gasteiger partial charge in [0.2, 0.25) is 0 Å². The summed E-state index contributed by atoms with van der Waals surface area (Å²) in [5, 5.41) is 12.5. The molecule has 1 N–H and O–H groups in total. The molecule has 0 aromatic heterocycles. The van der Waals surface area contributed by atoms with Crippen LogP contribution < -0.4 is 0 Å². The maximum absolute atomic E-state index is 11.9. The number of hydrogen-bond acceptors (Lipinski definition) is 3. The Morgan fingerprint density at radius 2 is 2.00 bits per heavy atom. The van der Waals surface area contributed by atoms with E-state index in [1.807, 2.05) is 65.1 Å². The summed E-state index contributed by atoms with van der Waals surface area (Å²) in [6, 6.07) is 13.4. The van der Waals surface area contributed by atoms with Gasteiger partial charge in [-0.05, 0) is 27.3 Å². The van der Waals surface area contributed by atoms with Gasteiger partial charge in [-0.3, -0.25) is 0 Å². The highest BCUT2D eigenvalue weighted by atomic mass is 127. The second-order valence-corrected chi connectivity index (χ2v) is 4.88. The van der Waals surface area contributed by atoms with Gasteiger partial charge in [0.15, 0.2) is 0 Å². The Morgan fingerprint density at radius 1 is 1.30 bits per heavy atom. The molecule has 0 saturated heterocycles. The minimum atomic E-state index is -0.989. The number of carbonyl (C=O) groups excluding carboxylic acids is 1. The summed E-state index contributed by atoms with van der Waals surface area (Å²) in [4.78, 5) is 11.9. The first-order valence-electron chi connectivity index (χ1n) is 6.32. The number of rotatable bonds is 4. The van der Waals surface area contributed by atoms with Crippen molar-refractivity contribution in [2.45, 2.75) is 13.0 Å². The molecule has 0 bridgehead atoms. The molecule has 0 saturated carbocycles. The SMILES string of the molecule is CCOC(=O)/C(=C\I)[C@@H](O)c1cccc2ccccc12. The number of carbonyl (C=O) groups is 1. The number of aliphatic hydroxyl groups is 1. The molecule has 0 radical (unpaired) electrons. The first-order chi connectivity index (χ1) is 9.69. The van der Waals surface area contributed by atoms with Crippen LogP contribution in [-0.2, 0) is 9.53 Å². The predicted molar refractivity (Wildman–Crippen MR) is 87.6 cm³/mol. The monoisotopic (exact) mass is 382 g/mol. The van der Waals surface area contributed by atoms with Crippen molar-refractivity contribution >= 4 is 39.3 Å². The lowest BCUT2D eigenvalue weighted by Gasteiger charge is -2.15. The largest absolute Gasteiger partial charge is 0.463 e. The first kappa shape index (κ1) is 15.0. The van der Waals surface area contributed by atoms with Crippen molar-refractivity contribution in [3.8, 4) is 0 Å². The zero-order chi connectivity index (χ0) is 14.5. The lowest BCUT2D eigenvalue weighted by Crippen LogP contribution is -2.14. The van der Waals surface area contributed by atoms with E-state index in [1.165, 1.54) is 0 Å². The molecule has 4 heteroatoms. The smallest absolute Gasteiger partial charge is 0.337 e. The Hall–Kier alpha value is -1.40. The summed E-state index contributed by atoms with van der Waals surface area (Å²) in [6.45, 7) is 2.03. The zero-order valence-electron chi connectivity index (χ0n) is 11.0. The lowest BCUT2D eigenvalue weighted by molar-refractivity contribution is -0.139. The Balaban J connectivity index is 2.45. The minimum absolute atomic E-state index is 0.254. The minimum Gasteiger partial charge on any atom is -0.463 e. The highest BCUT2D eigenvalue weighted by Crippen LogP contribution is 2.30. The van der Waals surface area contributed by atoms with E-state index in [0.29, 0.717) is 5.56 Å². The molecule has 2 aromatic carbocycles. The predicted octanol–water partition coefficient (Wildman–Crippen LogP) is 3.76. The molecule has 0 aliphatic heterocycles. The maximum Gasteiger partial charge on any atom is 0.337 e. The Kier molecular flexibility index (Phi) is 5.14. The van der Waals surface area contributed by atoms with Gasteiger partial charge in [-0.15, -0.1) is 0 Å². The average molecular weight is 382 g/mol. The number of esters is 1. The van der Waals surface area contributed by atoms with Gasteiger partial charge in [0, 0.05) is 0 Å². The molecule has 20 heavy (non-hydrogen) atoms. The van der Waals surface area contributed by atoms with Crippen molar-refractivity contribution < 1.29 is 14.6 Å². The van der Waals surface area contributed by atoms with E-state index in [1.54, 1.807) is 11.0 Å². The van der Waals surface area contributed by atoms with Crippen molar-refractivity contribution in [3.63, 3.8) is 0 Å². The van der Waals surface area contributed by atoms with Crippen LogP contribution in [-0.4, -0.2) is 17.7 Å². The van der Waals surface area contributed by atoms with E-state index in [-0.39, 0.29) is 12.2 Å². The number of ether oxygens (including phenoxy) is 1. The van der Waals surface area contributed by atoms with Crippen LogP contribution in [0.15, 0.2) is 52.1 Å². The fourth-order valence-electron chi connectivity index (χ4n) is 2.09. The first-order valence-corrected chi connectivity index (χ1v) is 7.56. The molecular weight excluding hydrogens is 367 g/mol. The summed E-state index contributed by atoms with van der Waals surface area (Å²) in [7, 11) is 0. The van der Waals surface area contributed by atoms with Gasteiger partial charge in [0.1, 0.15) is 6.10 Å². The van der Waals surface area contributed by atoms with Crippen LogP contribution in [0.25, 0.3) is 10.8 Å². The molecule has 0 spiro atoms. The van der Waals surface area contributed by atoms with Gasteiger partial charge >= 0.3 is 5.97 Å². The summed E-state index contributed by atoms with van der Waals surface area (Å²) >= 11 is 1.95. The number of aliphatic hydroxyl groups excluding tert-OH is 1. The second-order valence-electron chi connectivity index (χ2n) is 4.26. The fourth-order valence-corrected chi connectivity index (χ4v) is 2.68. The van der Waals surface area contributed by atoms with Crippen LogP contribution >= 0.6 is 22.6 Å². The molecule has 3 nitrogen and oxygen atoms in total. The van der Waals surface area contributed by atoms with Gasteiger partial charge in [-0.2, -0.15) is 0 Å². The van der Waals surface area contributed by atoms with Gasteiger partial charge in [0.05, 0.1) is 12.2 Å². The molecule has 2 aromatic rings. The quantitative estimate of drug-likeness (QED) is 0.498. The molecule has 104 valence electrons. The van der Waals surface area contributed by atoms with E-state index >= 15 is 0 Å². The maximum atomic E-state index is 11.9. The molecule has 0 unspecified atom stereocenters.